The third kappa shape index (κ3) is 3.40. The second kappa shape index (κ2) is 8.57. The lowest BCUT2D eigenvalue weighted by Crippen LogP contribution is -1.95. The standard InChI is InChI=1S/C39H26/c1-25-18-21-35-37(22-25)39(34-17-9-16-31-30-13-6-5-12-28(30)24-36(31)34)33-15-8-7-14-32(33)38(35)29-20-19-26-10-3-2-4-11-27(26)23-29/h2,4-23H,24H2,1H3. The molecule has 0 heterocycles. The van der Waals surface area contributed by atoms with Crippen molar-refractivity contribution in [1.29, 1.82) is 0 Å². The quantitative estimate of drug-likeness (QED) is 0.166. The third-order valence-corrected chi connectivity index (χ3v) is 8.38. The Morgan fingerprint density at radius 1 is 0.590 bits per heavy atom. The Hall–Kier alpha value is -4.90. The molecule has 0 saturated heterocycles. The Morgan fingerprint density at radius 2 is 1.36 bits per heavy atom. The Bertz CT molecular complexity index is 2080. The fourth-order valence-electron chi connectivity index (χ4n) is 6.64. The maximum Gasteiger partial charge on any atom is -0.000728 e. The molecule has 182 valence electrons. The molecule has 39 heavy (non-hydrogen) atoms. The normalized spacial score (nSPS) is 12.9. The molecule has 0 amide bonds. The Balaban J connectivity index is 1.47. The van der Waals surface area contributed by atoms with Crippen LogP contribution in [0.1, 0.15) is 27.8 Å². The van der Waals surface area contributed by atoms with Gasteiger partial charge in [0.15, 0.2) is 0 Å². The van der Waals surface area contributed by atoms with Gasteiger partial charge in [-0.1, -0.05) is 115 Å². The van der Waals surface area contributed by atoms with Gasteiger partial charge in [0.25, 0.3) is 0 Å². The molecule has 0 radical (unpaired) electrons. The summed E-state index contributed by atoms with van der Waals surface area (Å²) in [4.78, 5) is 0. The second-order valence-corrected chi connectivity index (χ2v) is 10.7. The summed E-state index contributed by atoms with van der Waals surface area (Å²) in [5.74, 6) is 0. The zero-order valence-corrected chi connectivity index (χ0v) is 21.8. The molecular weight excluding hydrogens is 468 g/mol. The van der Waals surface area contributed by atoms with E-state index >= 15 is 0 Å². The van der Waals surface area contributed by atoms with Crippen molar-refractivity contribution in [2.45, 2.75) is 13.3 Å². The predicted octanol–water partition coefficient (Wildman–Crippen LogP) is 10.4. The molecule has 0 N–H and O–H groups in total. The number of hydrogen-bond acceptors (Lipinski definition) is 0. The monoisotopic (exact) mass is 494 g/mol. The van der Waals surface area contributed by atoms with Crippen molar-refractivity contribution >= 4 is 33.7 Å². The van der Waals surface area contributed by atoms with Crippen LogP contribution in [0, 0.1) is 6.92 Å². The summed E-state index contributed by atoms with van der Waals surface area (Å²) in [5, 5.41) is 5.22. The fourth-order valence-corrected chi connectivity index (χ4v) is 6.64. The van der Waals surface area contributed by atoms with E-state index in [-0.39, 0.29) is 0 Å². The molecule has 8 rings (SSSR count). The van der Waals surface area contributed by atoms with Crippen LogP contribution in [0.15, 0.2) is 121 Å². The van der Waals surface area contributed by atoms with Crippen LogP contribution in [-0.2, 0) is 6.42 Å². The number of allylic oxidation sites excluding steroid dienone is 2. The number of benzene rings is 6. The van der Waals surface area contributed by atoms with Crippen molar-refractivity contribution in [3.63, 3.8) is 0 Å². The summed E-state index contributed by atoms with van der Waals surface area (Å²) in [6.45, 7) is 2.20. The highest BCUT2D eigenvalue weighted by Crippen LogP contribution is 2.48. The third-order valence-electron chi connectivity index (χ3n) is 8.38. The molecular formula is C39H26. The Kier molecular flexibility index (Phi) is 4.86. The molecule has 0 atom stereocenters. The Labute approximate surface area is 228 Å². The fraction of sp³-hybridized carbons (Fsp3) is 0.0513. The SMILES string of the molecule is Cc1ccc2c(-c3ccc4c(c3)C=CC=C=C4)c3ccccc3c(-c3cccc4c3Cc3ccccc3-4)c2c1. The zero-order valence-electron chi connectivity index (χ0n) is 21.8. The topological polar surface area (TPSA) is 0 Å². The summed E-state index contributed by atoms with van der Waals surface area (Å²) in [7, 11) is 0. The van der Waals surface area contributed by atoms with E-state index in [2.05, 4.69) is 134 Å². The summed E-state index contributed by atoms with van der Waals surface area (Å²) in [5.41, 5.74) is 17.8. The predicted molar refractivity (Wildman–Crippen MR) is 167 cm³/mol. The van der Waals surface area contributed by atoms with Gasteiger partial charge in [0, 0.05) is 0 Å². The van der Waals surface area contributed by atoms with Gasteiger partial charge in [-0.3, -0.25) is 0 Å². The summed E-state index contributed by atoms with van der Waals surface area (Å²) in [6.07, 6.45) is 9.27. The van der Waals surface area contributed by atoms with Crippen molar-refractivity contribution in [2.75, 3.05) is 0 Å². The van der Waals surface area contributed by atoms with E-state index in [0.717, 1.165) is 6.42 Å². The van der Waals surface area contributed by atoms with Gasteiger partial charge >= 0.3 is 0 Å². The zero-order chi connectivity index (χ0) is 25.9. The van der Waals surface area contributed by atoms with E-state index < -0.39 is 0 Å². The highest BCUT2D eigenvalue weighted by molar-refractivity contribution is 6.22. The maximum absolute atomic E-state index is 3.24. The molecule has 0 bridgehead atoms. The highest BCUT2D eigenvalue weighted by atomic mass is 14.3. The van der Waals surface area contributed by atoms with Gasteiger partial charge < -0.3 is 0 Å². The molecule has 0 aliphatic heterocycles. The number of rotatable bonds is 2. The van der Waals surface area contributed by atoms with Crippen LogP contribution in [0.25, 0.3) is 67.1 Å². The van der Waals surface area contributed by atoms with Gasteiger partial charge in [-0.15, -0.1) is 5.73 Å². The second-order valence-electron chi connectivity index (χ2n) is 10.7. The molecule has 2 aliphatic rings. The maximum atomic E-state index is 3.24. The average molecular weight is 495 g/mol. The minimum absolute atomic E-state index is 0.976. The van der Waals surface area contributed by atoms with Crippen molar-refractivity contribution in [3.8, 4) is 33.4 Å². The van der Waals surface area contributed by atoms with Crippen LogP contribution in [0.5, 0.6) is 0 Å². The molecule has 0 fully saturated rings. The van der Waals surface area contributed by atoms with E-state index in [0.29, 0.717) is 0 Å². The van der Waals surface area contributed by atoms with E-state index in [1.807, 2.05) is 6.08 Å². The van der Waals surface area contributed by atoms with Crippen molar-refractivity contribution in [3.05, 3.63) is 149 Å². The van der Waals surface area contributed by atoms with Gasteiger partial charge in [0.2, 0.25) is 0 Å². The molecule has 2 aliphatic carbocycles. The van der Waals surface area contributed by atoms with Crippen LogP contribution in [-0.4, -0.2) is 0 Å². The molecule has 0 saturated carbocycles. The molecule has 0 heteroatoms. The first-order valence-electron chi connectivity index (χ1n) is 13.7. The van der Waals surface area contributed by atoms with Crippen molar-refractivity contribution in [2.24, 2.45) is 0 Å². The lowest BCUT2D eigenvalue weighted by atomic mass is 9.83. The first-order valence-corrected chi connectivity index (χ1v) is 13.7. The van der Waals surface area contributed by atoms with E-state index in [9.17, 15) is 0 Å². The van der Waals surface area contributed by atoms with Crippen molar-refractivity contribution < 1.29 is 0 Å². The van der Waals surface area contributed by atoms with Gasteiger partial charge in [-0.25, -0.2) is 0 Å². The first-order chi connectivity index (χ1) is 19.3. The average Bonchev–Trinajstić information content (AvgIpc) is 3.19. The molecule has 6 aromatic rings. The molecule has 0 unspecified atom stereocenters. The number of aryl methyl sites for hydroxylation is 1. The molecule has 6 aromatic carbocycles. The minimum atomic E-state index is 0.976. The van der Waals surface area contributed by atoms with Gasteiger partial charge in [0.1, 0.15) is 0 Å². The lowest BCUT2D eigenvalue weighted by molar-refractivity contribution is 1.27. The van der Waals surface area contributed by atoms with Crippen molar-refractivity contribution in [1.82, 2.24) is 0 Å². The van der Waals surface area contributed by atoms with Gasteiger partial charge in [-0.05, 0) is 109 Å². The van der Waals surface area contributed by atoms with Crippen LogP contribution in [0.2, 0.25) is 0 Å². The van der Waals surface area contributed by atoms with Gasteiger partial charge in [-0.2, -0.15) is 0 Å². The molecule has 0 nitrogen and oxygen atoms in total. The Morgan fingerprint density at radius 3 is 2.28 bits per heavy atom. The van der Waals surface area contributed by atoms with Gasteiger partial charge in [0.05, 0.1) is 0 Å². The van der Waals surface area contributed by atoms with E-state index in [1.54, 1.807) is 0 Å². The van der Waals surface area contributed by atoms with E-state index in [4.69, 9.17) is 0 Å². The highest BCUT2D eigenvalue weighted by Gasteiger charge is 2.24. The largest absolute Gasteiger partial charge is 0.120 e. The van der Waals surface area contributed by atoms with Crippen LogP contribution < -0.4 is 0 Å². The number of fused-ring (bicyclic) bond motifs is 6. The minimum Gasteiger partial charge on any atom is -0.120 e. The van der Waals surface area contributed by atoms with E-state index in [1.165, 1.54) is 82.7 Å². The summed E-state index contributed by atoms with van der Waals surface area (Å²) < 4.78 is 0. The summed E-state index contributed by atoms with van der Waals surface area (Å²) >= 11 is 0. The van der Waals surface area contributed by atoms with Crippen LogP contribution in [0.3, 0.4) is 0 Å². The number of hydrogen-bond donors (Lipinski definition) is 0. The molecule has 0 spiro atoms. The molecule has 0 aromatic heterocycles. The first kappa shape index (κ1) is 22.1. The van der Waals surface area contributed by atoms with Crippen LogP contribution in [0.4, 0.5) is 0 Å². The smallest absolute Gasteiger partial charge is 0.000728 e. The van der Waals surface area contributed by atoms with Crippen LogP contribution >= 0.6 is 0 Å². The lowest BCUT2D eigenvalue weighted by Gasteiger charge is -2.20. The summed E-state index contributed by atoms with van der Waals surface area (Å²) in [6, 6.07) is 38.5.